The van der Waals surface area contributed by atoms with Gasteiger partial charge in [-0.25, -0.2) is 0 Å². The van der Waals surface area contributed by atoms with Gasteiger partial charge in [-0.15, -0.1) is 0 Å². The van der Waals surface area contributed by atoms with E-state index in [1.807, 2.05) is 12.3 Å². The maximum atomic E-state index is 11.5. The van der Waals surface area contributed by atoms with Gasteiger partial charge in [-0.1, -0.05) is 0 Å². The molecular formula is C19H33NOSn. The summed E-state index contributed by atoms with van der Waals surface area (Å²) in [6.07, 6.45) is 9.71. The predicted molar refractivity (Wildman–Crippen MR) is 98.8 cm³/mol. The summed E-state index contributed by atoms with van der Waals surface area (Å²) in [6, 6.07) is 4.22. The van der Waals surface area contributed by atoms with Crippen LogP contribution in [-0.2, 0) is 0 Å². The number of unbranched alkanes of at least 4 members (excludes halogenated alkanes) is 3. The molecule has 1 aromatic heterocycles. The molecule has 0 saturated carbocycles. The monoisotopic (exact) mass is 411 g/mol. The normalized spacial score (nSPS) is 11.6. The first-order valence-electron chi connectivity index (χ1n) is 9.07. The van der Waals surface area contributed by atoms with Crippen LogP contribution in [0.25, 0.3) is 0 Å². The van der Waals surface area contributed by atoms with E-state index in [0.29, 0.717) is 0 Å². The van der Waals surface area contributed by atoms with Gasteiger partial charge in [-0.2, -0.15) is 0 Å². The summed E-state index contributed by atoms with van der Waals surface area (Å²) in [6.45, 7) is 8.51. The number of Topliss-reactive ketones (excluding diaryl/α,β-unsaturated/α-hetero) is 1. The van der Waals surface area contributed by atoms with E-state index < -0.39 is 18.4 Å². The van der Waals surface area contributed by atoms with Crippen LogP contribution >= 0.6 is 0 Å². The molecule has 0 aromatic carbocycles. The van der Waals surface area contributed by atoms with Crippen LogP contribution in [0.1, 0.15) is 76.6 Å². The van der Waals surface area contributed by atoms with Crippen LogP contribution in [0.2, 0.25) is 13.3 Å². The van der Waals surface area contributed by atoms with E-state index in [1.54, 1.807) is 6.92 Å². The van der Waals surface area contributed by atoms with Crippen LogP contribution in [-0.4, -0.2) is 29.1 Å². The molecule has 124 valence electrons. The van der Waals surface area contributed by atoms with E-state index in [4.69, 9.17) is 4.98 Å². The second kappa shape index (κ2) is 10.4. The Balaban J connectivity index is 3.09. The number of aromatic nitrogens is 1. The second-order valence-corrected chi connectivity index (χ2v) is 19.6. The molecular weight excluding hydrogens is 377 g/mol. The third-order valence-corrected chi connectivity index (χ3v) is 19.9. The number of rotatable bonds is 11. The summed E-state index contributed by atoms with van der Waals surface area (Å²) in [4.78, 5) is 16.3. The van der Waals surface area contributed by atoms with Crippen molar-refractivity contribution < 1.29 is 4.79 Å². The Kier molecular flexibility index (Phi) is 9.30. The topological polar surface area (TPSA) is 30.0 Å². The number of hydrogen-bond acceptors (Lipinski definition) is 2. The molecule has 0 saturated heterocycles. The maximum absolute atomic E-state index is 11.5. The molecule has 0 N–H and O–H groups in total. The quantitative estimate of drug-likeness (QED) is 0.364. The summed E-state index contributed by atoms with van der Waals surface area (Å²) in [5.41, 5.74) is 0.755. The van der Waals surface area contributed by atoms with Crippen molar-refractivity contribution in [3.63, 3.8) is 0 Å². The van der Waals surface area contributed by atoms with Crippen LogP contribution in [0.4, 0.5) is 0 Å². The zero-order valence-corrected chi connectivity index (χ0v) is 17.8. The molecule has 0 radical (unpaired) electrons. The van der Waals surface area contributed by atoms with E-state index in [9.17, 15) is 4.79 Å². The zero-order chi connectivity index (χ0) is 16.4. The number of carbonyl (C=O) groups excluding carboxylic acids is 1. The summed E-state index contributed by atoms with van der Waals surface area (Å²) < 4.78 is 5.70. The van der Waals surface area contributed by atoms with Crippen LogP contribution in [0.5, 0.6) is 0 Å². The van der Waals surface area contributed by atoms with E-state index in [2.05, 4.69) is 26.8 Å². The molecule has 0 bridgehead atoms. The van der Waals surface area contributed by atoms with Gasteiger partial charge in [0.2, 0.25) is 0 Å². The van der Waals surface area contributed by atoms with Gasteiger partial charge in [0.15, 0.2) is 0 Å². The first-order valence-corrected chi connectivity index (χ1v) is 16.5. The van der Waals surface area contributed by atoms with Crippen LogP contribution < -0.4 is 3.71 Å². The third-order valence-electron chi connectivity index (χ3n) is 4.74. The zero-order valence-electron chi connectivity index (χ0n) is 15.0. The van der Waals surface area contributed by atoms with Crippen molar-refractivity contribution in [3.05, 3.63) is 23.9 Å². The summed E-state index contributed by atoms with van der Waals surface area (Å²) in [7, 11) is 0. The van der Waals surface area contributed by atoms with Crippen LogP contribution in [0.15, 0.2) is 18.3 Å². The Labute approximate surface area is 141 Å². The molecule has 1 aromatic rings. The van der Waals surface area contributed by atoms with Gasteiger partial charge in [0, 0.05) is 0 Å². The summed E-state index contributed by atoms with van der Waals surface area (Å²) in [5.74, 6) is 0.121. The minimum atomic E-state index is -2.40. The molecule has 1 heterocycles. The molecule has 0 aliphatic heterocycles. The summed E-state index contributed by atoms with van der Waals surface area (Å²) >= 11 is -2.40. The molecule has 2 nitrogen and oxygen atoms in total. The minimum absolute atomic E-state index is 0.121. The molecule has 0 unspecified atom stereocenters. The van der Waals surface area contributed by atoms with Gasteiger partial charge in [-0.05, 0) is 0 Å². The van der Waals surface area contributed by atoms with Crippen molar-refractivity contribution in [2.75, 3.05) is 0 Å². The van der Waals surface area contributed by atoms with Crippen LogP contribution in [0.3, 0.4) is 0 Å². The molecule has 1 rings (SSSR count). The first kappa shape index (κ1) is 19.7. The van der Waals surface area contributed by atoms with Crippen molar-refractivity contribution >= 4 is 27.9 Å². The summed E-state index contributed by atoms with van der Waals surface area (Å²) in [5, 5.41) is 0. The third kappa shape index (κ3) is 5.67. The standard InChI is InChI=1S/C7H6NO.3C4H9.Sn/c1-6(9)7-3-2-4-8-5-7;3*1-3-4-2;/h2-3,5H,1H3;3*1,3-4H2,2H3;. The first-order chi connectivity index (χ1) is 10.6. The fraction of sp³-hybridized carbons (Fsp3) is 0.684. The van der Waals surface area contributed by atoms with Crippen molar-refractivity contribution in [1.29, 1.82) is 0 Å². The van der Waals surface area contributed by atoms with Gasteiger partial charge in [0.05, 0.1) is 0 Å². The van der Waals surface area contributed by atoms with Crippen molar-refractivity contribution in [3.8, 4) is 0 Å². The Morgan fingerprint density at radius 3 is 1.77 bits per heavy atom. The molecule has 0 atom stereocenters. The van der Waals surface area contributed by atoms with Gasteiger partial charge < -0.3 is 0 Å². The molecule has 0 amide bonds. The van der Waals surface area contributed by atoms with Gasteiger partial charge in [-0.3, -0.25) is 0 Å². The molecule has 22 heavy (non-hydrogen) atoms. The second-order valence-electron chi connectivity index (χ2n) is 6.58. The average molecular weight is 410 g/mol. The van der Waals surface area contributed by atoms with Gasteiger partial charge in [0.1, 0.15) is 0 Å². The van der Waals surface area contributed by atoms with Crippen molar-refractivity contribution in [2.45, 2.75) is 79.5 Å². The molecule has 0 aliphatic carbocycles. The van der Waals surface area contributed by atoms with Crippen LogP contribution in [0, 0.1) is 0 Å². The number of nitrogens with zero attached hydrogens (tertiary/aromatic N) is 1. The fourth-order valence-electron chi connectivity index (χ4n) is 3.22. The molecule has 0 spiro atoms. The number of ketones is 1. The van der Waals surface area contributed by atoms with Gasteiger partial charge >= 0.3 is 141 Å². The average Bonchev–Trinajstić information content (AvgIpc) is 2.54. The van der Waals surface area contributed by atoms with Crippen molar-refractivity contribution in [2.24, 2.45) is 0 Å². The number of pyridine rings is 1. The molecule has 0 aliphatic rings. The Hall–Kier alpha value is -0.381. The SMILES string of the molecule is CCC[CH2][Sn]([CH2]CCC)([CH2]CCC)[c]1ccc(C(C)=O)cn1. The fourth-order valence-corrected chi connectivity index (χ4v) is 18.6. The van der Waals surface area contributed by atoms with E-state index >= 15 is 0 Å². The van der Waals surface area contributed by atoms with E-state index in [-0.39, 0.29) is 5.78 Å². The Morgan fingerprint density at radius 2 is 1.45 bits per heavy atom. The van der Waals surface area contributed by atoms with E-state index in [0.717, 1.165) is 5.56 Å². The number of hydrogen-bond donors (Lipinski definition) is 0. The predicted octanol–water partition coefficient (Wildman–Crippen LogP) is 5.34. The Bertz CT molecular complexity index is 419. The van der Waals surface area contributed by atoms with Crippen molar-refractivity contribution in [1.82, 2.24) is 4.98 Å². The Morgan fingerprint density at radius 1 is 0.955 bits per heavy atom. The number of carbonyl (C=O) groups is 1. The molecule has 0 fully saturated rings. The van der Waals surface area contributed by atoms with E-state index in [1.165, 1.54) is 55.5 Å². The van der Waals surface area contributed by atoms with Gasteiger partial charge in [0.25, 0.3) is 0 Å². The molecule has 3 heteroatoms.